The fraction of sp³-hybridized carbons (Fsp3) is 0.458. The third-order valence-corrected chi connectivity index (χ3v) is 5.85. The van der Waals surface area contributed by atoms with Crippen LogP contribution in [0, 0.1) is 0 Å². The number of hydrogen-bond donors (Lipinski definition) is 2. The van der Waals surface area contributed by atoms with E-state index in [1.807, 2.05) is 6.07 Å². The highest BCUT2D eigenvalue weighted by molar-refractivity contribution is 5.80. The zero-order chi connectivity index (χ0) is 19.9. The van der Waals surface area contributed by atoms with E-state index in [0.717, 1.165) is 63.8 Å². The number of para-hydroxylation sites is 2. The molecule has 1 saturated heterocycles. The summed E-state index contributed by atoms with van der Waals surface area (Å²) in [6.07, 6.45) is 3.27. The number of ether oxygens (including phenoxy) is 1. The van der Waals surface area contributed by atoms with Crippen LogP contribution in [0.15, 0.2) is 59.6 Å². The summed E-state index contributed by atoms with van der Waals surface area (Å²) in [5.74, 6) is 2.38. The van der Waals surface area contributed by atoms with Crippen LogP contribution in [0.3, 0.4) is 0 Å². The summed E-state index contributed by atoms with van der Waals surface area (Å²) in [5, 5.41) is 7.10. The molecule has 0 aromatic heterocycles. The molecule has 4 rings (SSSR count). The van der Waals surface area contributed by atoms with E-state index >= 15 is 0 Å². The SMILES string of the molecule is CCNC(=NCC1CCOc2ccccc21)NC1CCN(c2ccccc2)CC1. The molecule has 2 aromatic carbocycles. The van der Waals surface area contributed by atoms with E-state index in [9.17, 15) is 0 Å². The van der Waals surface area contributed by atoms with Crippen molar-refractivity contribution in [1.29, 1.82) is 0 Å². The largest absolute Gasteiger partial charge is 0.493 e. The molecule has 29 heavy (non-hydrogen) atoms. The second-order valence-corrected chi connectivity index (χ2v) is 7.83. The Kier molecular flexibility index (Phi) is 6.55. The molecule has 2 aliphatic rings. The number of nitrogens with one attached hydrogen (secondary N) is 2. The Labute approximate surface area is 174 Å². The van der Waals surface area contributed by atoms with E-state index in [2.05, 4.69) is 71.0 Å². The average molecular weight is 393 g/mol. The highest BCUT2D eigenvalue weighted by Crippen LogP contribution is 2.33. The summed E-state index contributed by atoms with van der Waals surface area (Å²) >= 11 is 0. The van der Waals surface area contributed by atoms with Gasteiger partial charge >= 0.3 is 0 Å². The van der Waals surface area contributed by atoms with Gasteiger partial charge in [0.2, 0.25) is 0 Å². The first kappa shape index (κ1) is 19.6. The summed E-state index contributed by atoms with van der Waals surface area (Å²) in [4.78, 5) is 7.41. The smallest absolute Gasteiger partial charge is 0.191 e. The van der Waals surface area contributed by atoms with Crippen molar-refractivity contribution in [3.8, 4) is 5.75 Å². The summed E-state index contributed by atoms with van der Waals surface area (Å²) in [5.41, 5.74) is 2.61. The van der Waals surface area contributed by atoms with Crippen molar-refractivity contribution >= 4 is 11.6 Å². The number of fused-ring (bicyclic) bond motifs is 1. The summed E-state index contributed by atoms with van der Waals surface area (Å²) in [6, 6.07) is 19.5. The zero-order valence-corrected chi connectivity index (χ0v) is 17.3. The van der Waals surface area contributed by atoms with Crippen molar-refractivity contribution in [2.24, 2.45) is 4.99 Å². The van der Waals surface area contributed by atoms with E-state index in [0.29, 0.717) is 12.0 Å². The minimum Gasteiger partial charge on any atom is -0.493 e. The highest BCUT2D eigenvalue weighted by Gasteiger charge is 2.22. The Morgan fingerprint density at radius 2 is 1.79 bits per heavy atom. The number of nitrogens with zero attached hydrogens (tertiary/aromatic N) is 2. The number of benzene rings is 2. The van der Waals surface area contributed by atoms with Crippen LogP contribution in [0.1, 0.15) is 37.7 Å². The van der Waals surface area contributed by atoms with Crippen LogP contribution < -0.4 is 20.3 Å². The lowest BCUT2D eigenvalue weighted by Crippen LogP contribution is -2.49. The fourth-order valence-corrected chi connectivity index (χ4v) is 4.24. The van der Waals surface area contributed by atoms with Gasteiger partial charge in [0.05, 0.1) is 6.61 Å². The molecule has 2 heterocycles. The van der Waals surface area contributed by atoms with Crippen LogP contribution in [0.2, 0.25) is 0 Å². The third kappa shape index (κ3) is 5.03. The first-order valence-corrected chi connectivity index (χ1v) is 10.9. The number of aliphatic imine (C=N–C) groups is 1. The molecule has 0 amide bonds. The minimum absolute atomic E-state index is 0.426. The number of anilines is 1. The average Bonchev–Trinajstić information content (AvgIpc) is 2.79. The van der Waals surface area contributed by atoms with Crippen LogP contribution in [0.25, 0.3) is 0 Å². The predicted octanol–water partition coefficient (Wildman–Crippen LogP) is 3.78. The third-order valence-electron chi connectivity index (χ3n) is 5.85. The standard InChI is InChI=1S/C24H32N4O/c1-2-25-24(26-18-19-14-17-29-23-11-7-6-10-22(19)23)27-20-12-15-28(16-13-20)21-8-4-3-5-9-21/h3-11,19-20H,2,12-18H2,1H3,(H2,25,26,27). The van der Waals surface area contributed by atoms with Crippen molar-refractivity contribution < 1.29 is 4.74 Å². The number of rotatable bonds is 5. The molecule has 2 N–H and O–H groups in total. The second-order valence-electron chi connectivity index (χ2n) is 7.83. The van der Waals surface area contributed by atoms with Crippen LogP contribution in [-0.2, 0) is 0 Å². The van der Waals surface area contributed by atoms with Crippen LogP contribution in [0.4, 0.5) is 5.69 Å². The number of hydrogen-bond acceptors (Lipinski definition) is 3. The van der Waals surface area contributed by atoms with Crippen molar-refractivity contribution in [3.05, 3.63) is 60.2 Å². The fourth-order valence-electron chi connectivity index (χ4n) is 4.24. The van der Waals surface area contributed by atoms with E-state index in [4.69, 9.17) is 9.73 Å². The van der Waals surface area contributed by atoms with E-state index in [1.54, 1.807) is 0 Å². The van der Waals surface area contributed by atoms with Crippen LogP contribution in [-0.4, -0.2) is 44.8 Å². The van der Waals surface area contributed by atoms with Gasteiger partial charge < -0.3 is 20.3 Å². The Morgan fingerprint density at radius 1 is 1.03 bits per heavy atom. The van der Waals surface area contributed by atoms with Gasteiger partial charge in [-0.15, -0.1) is 0 Å². The van der Waals surface area contributed by atoms with Crippen molar-refractivity contribution in [1.82, 2.24) is 10.6 Å². The summed E-state index contributed by atoms with van der Waals surface area (Å²) < 4.78 is 5.79. The van der Waals surface area contributed by atoms with E-state index in [-0.39, 0.29) is 0 Å². The van der Waals surface area contributed by atoms with Gasteiger partial charge in [-0.3, -0.25) is 4.99 Å². The molecule has 0 aliphatic carbocycles. The van der Waals surface area contributed by atoms with Crippen LogP contribution >= 0.6 is 0 Å². The maximum absolute atomic E-state index is 5.79. The molecule has 1 atom stereocenters. The number of guanidine groups is 1. The van der Waals surface area contributed by atoms with Gasteiger partial charge in [-0.05, 0) is 49.9 Å². The minimum atomic E-state index is 0.426. The zero-order valence-electron chi connectivity index (χ0n) is 17.3. The molecule has 2 aromatic rings. The molecule has 5 nitrogen and oxygen atoms in total. The highest BCUT2D eigenvalue weighted by atomic mass is 16.5. The molecular weight excluding hydrogens is 360 g/mol. The Balaban J connectivity index is 1.34. The van der Waals surface area contributed by atoms with E-state index in [1.165, 1.54) is 11.3 Å². The van der Waals surface area contributed by atoms with Gasteiger partial charge in [0.25, 0.3) is 0 Å². The first-order valence-electron chi connectivity index (χ1n) is 10.9. The van der Waals surface area contributed by atoms with Crippen molar-refractivity contribution in [3.63, 3.8) is 0 Å². The summed E-state index contributed by atoms with van der Waals surface area (Å²) in [6.45, 7) is 6.72. The molecule has 1 fully saturated rings. The van der Waals surface area contributed by atoms with Gasteiger partial charge in [-0.25, -0.2) is 0 Å². The summed E-state index contributed by atoms with van der Waals surface area (Å²) in [7, 11) is 0. The van der Waals surface area contributed by atoms with Gasteiger partial charge in [0.1, 0.15) is 5.75 Å². The molecule has 2 aliphatic heterocycles. The molecule has 0 bridgehead atoms. The second kappa shape index (κ2) is 9.68. The van der Waals surface area contributed by atoms with Gasteiger partial charge in [0, 0.05) is 43.8 Å². The lowest BCUT2D eigenvalue weighted by molar-refractivity contribution is 0.269. The molecule has 0 spiro atoms. The van der Waals surface area contributed by atoms with Crippen molar-refractivity contribution in [2.75, 3.05) is 37.7 Å². The molecular formula is C24H32N4O. The van der Waals surface area contributed by atoms with Gasteiger partial charge in [-0.2, -0.15) is 0 Å². The monoisotopic (exact) mass is 392 g/mol. The molecule has 5 heteroatoms. The van der Waals surface area contributed by atoms with E-state index < -0.39 is 0 Å². The van der Waals surface area contributed by atoms with Gasteiger partial charge in [-0.1, -0.05) is 36.4 Å². The Morgan fingerprint density at radius 3 is 2.59 bits per heavy atom. The lowest BCUT2D eigenvalue weighted by atomic mass is 9.93. The molecule has 154 valence electrons. The van der Waals surface area contributed by atoms with Gasteiger partial charge in [0.15, 0.2) is 5.96 Å². The Bertz CT molecular complexity index is 800. The Hall–Kier alpha value is -2.69. The van der Waals surface area contributed by atoms with Crippen LogP contribution in [0.5, 0.6) is 5.75 Å². The van der Waals surface area contributed by atoms with Crippen molar-refractivity contribution in [2.45, 2.75) is 38.1 Å². The molecule has 0 saturated carbocycles. The topological polar surface area (TPSA) is 48.9 Å². The number of piperidine rings is 1. The first-order chi connectivity index (χ1) is 14.3. The maximum Gasteiger partial charge on any atom is 0.191 e. The molecule has 1 unspecified atom stereocenters. The normalized spacial score (nSPS) is 20.0. The maximum atomic E-state index is 5.79. The molecule has 0 radical (unpaired) electrons. The quantitative estimate of drug-likeness (QED) is 0.601. The predicted molar refractivity (Wildman–Crippen MR) is 120 cm³/mol. The lowest BCUT2D eigenvalue weighted by Gasteiger charge is -2.34.